The van der Waals surface area contributed by atoms with E-state index in [1.54, 1.807) is 0 Å². The predicted octanol–water partition coefficient (Wildman–Crippen LogP) is 10.5. The maximum Gasteiger partial charge on any atom is 0.137 e. The van der Waals surface area contributed by atoms with Gasteiger partial charge in [0, 0.05) is 22.2 Å². The van der Waals surface area contributed by atoms with E-state index in [-0.39, 0.29) is 5.41 Å². The van der Waals surface area contributed by atoms with Crippen LogP contribution in [-0.4, -0.2) is 0 Å². The summed E-state index contributed by atoms with van der Waals surface area (Å²) in [7, 11) is 0. The van der Waals surface area contributed by atoms with Gasteiger partial charge in [0.2, 0.25) is 0 Å². The van der Waals surface area contributed by atoms with Crippen LogP contribution in [0.25, 0.3) is 43.8 Å². The number of hydrogen-bond acceptors (Lipinski definition) is 2. The van der Waals surface area contributed by atoms with Crippen molar-refractivity contribution >= 4 is 49.8 Å². The second kappa shape index (κ2) is 8.09. The van der Waals surface area contributed by atoms with E-state index in [4.69, 9.17) is 4.42 Å². The predicted molar refractivity (Wildman–Crippen MR) is 163 cm³/mol. The lowest BCUT2D eigenvalue weighted by atomic mass is 9.82. The minimum absolute atomic E-state index is 0.0312. The first-order valence-electron chi connectivity index (χ1n) is 13.5. The second-order valence-electron chi connectivity index (χ2n) is 11.0. The van der Waals surface area contributed by atoms with Crippen LogP contribution in [0, 0.1) is 0 Å². The van der Waals surface area contributed by atoms with Crippen molar-refractivity contribution in [2.75, 3.05) is 4.90 Å². The summed E-state index contributed by atoms with van der Waals surface area (Å²) in [6, 6.07) is 45.7. The Hall–Kier alpha value is -4.82. The molecule has 0 saturated heterocycles. The van der Waals surface area contributed by atoms with Crippen LogP contribution in [0.2, 0.25) is 0 Å². The van der Waals surface area contributed by atoms with Gasteiger partial charge < -0.3 is 9.32 Å². The summed E-state index contributed by atoms with van der Waals surface area (Å²) in [6.07, 6.45) is 0. The Kier molecular flexibility index (Phi) is 4.60. The second-order valence-corrected chi connectivity index (χ2v) is 11.0. The van der Waals surface area contributed by atoms with Crippen molar-refractivity contribution in [2.24, 2.45) is 0 Å². The molecule has 0 atom stereocenters. The van der Waals surface area contributed by atoms with Gasteiger partial charge in [0.15, 0.2) is 0 Å². The summed E-state index contributed by atoms with van der Waals surface area (Å²) in [5.74, 6) is 0. The largest absolute Gasteiger partial charge is 0.456 e. The van der Waals surface area contributed by atoms with Gasteiger partial charge in [-0.05, 0) is 87.6 Å². The molecule has 1 aliphatic rings. The molecule has 0 spiro atoms. The van der Waals surface area contributed by atoms with Gasteiger partial charge >= 0.3 is 0 Å². The summed E-state index contributed by atoms with van der Waals surface area (Å²) in [4.78, 5) is 2.36. The van der Waals surface area contributed by atoms with Gasteiger partial charge in [0.1, 0.15) is 11.2 Å². The van der Waals surface area contributed by atoms with E-state index in [0.717, 1.165) is 39.0 Å². The standard InChI is InChI=1S/C37H27NO/c1-37(2)31-15-8-6-13-28(31)30-22-24-19-20-27(21-25(24)23-32(30)37)38(26-11-4-3-5-12-26)33-16-10-18-35-36(33)29-14-7-9-17-34(29)39-35/h3-23H,1-2H3. The fraction of sp³-hybridized carbons (Fsp3) is 0.0811. The average molecular weight is 502 g/mol. The zero-order chi connectivity index (χ0) is 26.1. The molecular formula is C37H27NO. The van der Waals surface area contributed by atoms with Crippen LogP contribution in [0.4, 0.5) is 17.1 Å². The topological polar surface area (TPSA) is 16.4 Å². The number of para-hydroxylation sites is 2. The minimum Gasteiger partial charge on any atom is -0.456 e. The molecule has 2 nitrogen and oxygen atoms in total. The Balaban J connectivity index is 1.37. The first kappa shape index (κ1) is 22.2. The van der Waals surface area contributed by atoms with Gasteiger partial charge in [-0.15, -0.1) is 0 Å². The zero-order valence-corrected chi connectivity index (χ0v) is 22.0. The molecule has 1 heterocycles. The van der Waals surface area contributed by atoms with E-state index in [2.05, 4.69) is 134 Å². The number of hydrogen-bond donors (Lipinski definition) is 0. The third-order valence-corrected chi connectivity index (χ3v) is 8.42. The molecule has 1 aliphatic carbocycles. The van der Waals surface area contributed by atoms with E-state index in [9.17, 15) is 0 Å². The van der Waals surface area contributed by atoms with E-state index >= 15 is 0 Å². The van der Waals surface area contributed by atoms with Crippen LogP contribution >= 0.6 is 0 Å². The Morgan fingerprint density at radius 1 is 0.538 bits per heavy atom. The maximum atomic E-state index is 6.26. The molecule has 0 fully saturated rings. The highest BCUT2D eigenvalue weighted by atomic mass is 16.3. The quantitative estimate of drug-likeness (QED) is 0.239. The molecule has 0 radical (unpaired) electrons. The lowest BCUT2D eigenvalue weighted by molar-refractivity contribution is 0.661. The van der Waals surface area contributed by atoms with Gasteiger partial charge in [0.05, 0.1) is 11.1 Å². The SMILES string of the molecule is CC1(C)c2ccccc2-c2cc3ccc(N(c4ccccc4)c4cccc5oc6ccccc6c45)cc3cc21. The Labute approximate surface area is 227 Å². The number of nitrogens with zero attached hydrogens (tertiary/aromatic N) is 1. The lowest BCUT2D eigenvalue weighted by Crippen LogP contribution is -2.14. The highest BCUT2D eigenvalue weighted by molar-refractivity contribution is 6.13. The lowest BCUT2D eigenvalue weighted by Gasteiger charge is -2.27. The van der Waals surface area contributed by atoms with Crippen LogP contribution in [0.5, 0.6) is 0 Å². The first-order valence-corrected chi connectivity index (χ1v) is 13.5. The molecule has 2 heteroatoms. The average Bonchev–Trinajstić information content (AvgIpc) is 3.46. The molecule has 1 aromatic heterocycles. The molecular weight excluding hydrogens is 474 g/mol. The summed E-state index contributed by atoms with van der Waals surface area (Å²) in [6.45, 7) is 4.68. The van der Waals surface area contributed by atoms with Gasteiger partial charge in [0.25, 0.3) is 0 Å². The van der Waals surface area contributed by atoms with E-state index in [1.165, 1.54) is 33.0 Å². The summed E-state index contributed by atoms with van der Waals surface area (Å²) < 4.78 is 6.26. The van der Waals surface area contributed by atoms with Gasteiger partial charge in [-0.25, -0.2) is 0 Å². The fourth-order valence-corrected chi connectivity index (χ4v) is 6.52. The molecule has 0 amide bonds. The Morgan fingerprint density at radius 2 is 1.31 bits per heavy atom. The number of benzene rings is 6. The zero-order valence-electron chi connectivity index (χ0n) is 22.0. The monoisotopic (exact) mass is 501 g/mol. The summed E-state index contributed by atoms with van der Waals surface area (Å²) >= 11 is 0. The number of furan rings is 1. The van der Waals surface area contributed by atoms with E-state index < -0.39 is 0 Å². The Bertz CT molecular complexity index is 2050. The smallest absolute Gasteiger partial charge is 0.137 e. The van der Waals surface area contributed by atoms with Crippen molar-refractivity contribution in [3.63, 3.8) is 0 Å². The van der Waals surface area contributed by atoms with Crippen LogP contribution in [0.1, 0.15) is 25.0 Å². The molecule has 6 aromatic carbocycles. The van der Waals surface area contributed by atoms with Gasteiger partial charge in [-0.2, -0.15) is 0 Å². The van der Waals surface area contributed by atoms with Crippen molar-refractivity contribution in [3.8, 4) is 11.1 Å². The molecule has 0 bridgehead atoms. The molecule has 8 rings (SSSR count). The maximum absolute atomic E-state index is 6.26. The molecule has 0 aliphatic heterocycles. The van der Waals surface area contributed by atoms with Crippen molar-refractivity contribution in [3.05, 3.63) is 139 Å². The van der Waals surface area contributed by atoms with Crippen molar-refractivity contribution < 1.29 is 4.42 Å². The minimum atomic E-state index is -0.0312. The molecule has 7 aromatic rings. The van der Waals surface area contributed by atoms with Crippen molar-refractivity contribution in [2.45, 2.75) is 19.3 Å². The normalized spacial score (nSPS) is 13.6. The van der Waals surface area contributed by atoms with Gasteiger partial charge in [-0.3, -0.25) is 0 Å². The fourth-order valence-electron chi connectivity index (χ4n) is 6.52. The number of fused-ring (bicyclic) bond motifs is 7. The van der Waals surface area contributed by atoms with Crippen molar-refractivity contribution in [1.29, 1.82) is 0 Å². The van der Waals surface area contributed by atoms with Crippen LogP contribution in [-0.2, 0) is 5.41 Å². The first-order chi connectivity index (χ1) is 19.1. The molecule has 0 unspecified atom stereocenters. The number of anilines is 3. The number of rotatable bonds is 3. The summed E-state index contributed by atoms with van der Waals surface area (Å²) in [5, 5.41) is 4.76. The van der Waals surface area contributed by atoms with Crippen molar-refractivity contribution in [1.82, 2.24) is 0 Å². The van der Waals surface area contributed by atoms with E-state index in [1.807, 2.05) is 12.1 Å². The van der Waals surface area contributed by atoms with Crippen LogP contribution in [0.3, 0.4) is 0 Å². The Morgan fingerprint density at radius 3 is 2.21 bits per heavy atom. The van der Waals surface area contributed by atoms with Gasteiger partial charge in [-0.1, -0.05) is 86.6 Å². The third kappa shape index (κ3) is 3.21. The molecule has 0 saturated carbocycles. The van der Waals surface area contributed by atoms with Crippen LogP contribution in [0.15, 0.2) is 132 Å². The highest BCUT2D eigenvalue weighted by Gasteiger charge is 2.35. The molecule has 39 heavy (non-hydrogen) atoms. The van der Waals surface area contributed by atoms with Crippen LogP contribution < -0.4 is 4.90 Å². The third-order valence-electron chi connectivity index (χ3n) is 8.42. The molecule has 0 N–H and O–H groups in total. The molecule has 186 valence electrons. The van der Waals surface area contributed by atoms with E-state index in [0.29, 0.717) is 0 Å². The summed E-state index contributed by atoms with van der Waals surface area (Å²) in [5.41, 5.74) is 10.6. The highest BCUT2D eigenvalue weighted by Crippen LogP contribution is 2.50.